The highest BCUT2D eigenvalue weighted by Gasteiger charge is 2.17. The van der Waals surface area contributed by atoms with Gasteiger partial charge in [-0.2, -0.15) is 0 Å². The third-order valence-corrected chi connectivity index (χ3v) is 4.32. The molecule has 0 spiro atoms. The quantitative estimate of drug-likeness (QED) is 0.502. The van der Waals surface area contributed by atoms with Gasteiger partial charge in [0.25, 0.3) is 0 Å². The van der Waals surface area contributed by atoms with Crippen molar-refractivity contribution in [1.29, 1.82) is 0 Å². The van der Waals surface area contributed by atoms with E-state index in [0.717, 1.165) is 11.1 Å². The summed E-state index contributed by atoms with van der Waals surface area (Å²) in [6.07, 6.45) is 0.382. The molecule has 0 atom stereocenters. The zero-order valence-corrected chi connectivity index (χ0v) is 15.8. The number of nitrogens with zero attached hydrogens (tertiary/aromatic N) is 1. The summed E-state index contributed by atoms with van der Waals surface area (Å²) < 4.78 is 4.67. The number of hydrogen-bond donors (Lipinski definition) is 0. The molecule has 27 heavy (non-hydrogen) atoms. The van der Waals surface area contributed by atoms with Gasteiger partial charge in [-0.15, -0.1) is 0 Å². The summed E-state index contributed by atoms with van der Waals surface area (Å²) in [5.41, 5.74) is 2.66. The summed E-state index contributed by atoms with van der Waals surface area (Å²) in [7, 11) is 1.33. The Balaban J connectivity index is 1.97. The molecular weight excluding hydrogens is 342 g/mol. The lowest BCUT2D eigenvalue weighted by Gasteiger charge is -2.22. The van der Waals surface area contributed by atoms with Gasteiger partial charge in [-0.25, -0.2) is 0 Å². The lowest BCUT2D eigenvalue weighted by Crippen LogP contribution is -2.33. The van der Waals surface area contributed by atoms with Crippen molar-refractivity contribution < 1.29 is 19.1 Å². The third kappa shape index (κ3) is 6.70. The van der Waals surface area contributed by atoms with Gasteiger partial charge in [-0.1, -0.05) is 60.2 Å². The van der Waals surface area contributed by atoms with E-state index in [-0.39, 0.29) is 43.5 Å². The molecule has 0 saturated carbocycles. The van der Waals surface area contributed by atoms with Crippen molar-refractivity contribution in [2.24, 2.45) is 0 Å². The number of amides is 1. The van der Waals surface area contributed by atoms with Gasteiger partial charge in [0.2, 0.25) is 5.91 Å². The lowest BCUT2D eigenvalue weighted by molar-refractivity contribution is -0.142. The SMILES string of the molecule is COC(=O)CCN(Cc1ccccc1)C(=O)CCC(=O)c1ccc(C)cc1. The van der Waals surface area contributed by atoms with E-state index in [0.29, 0.717) is 12.1 Å². The lowest BCUT2D eigenvalue weighted by atomic mass is 10.0. The normalized spacial score (nSPS) is 10.3. The molecule has 0 aliphatic heterocycles. The van der Waals surface area contributed by atoms with Crippen molar-refractivity contribution in [3.05, 3.63) is 71.3 Å². The van der Waals surface area contributed by atoms with E-state index in [1.54, 1.807) is 17.0 Å². The molecular formula is C22H25NO4. The number of carbonyl (C=O) groups is 3. The topological polar surface area (TPSA) is 63.7 Å². The number of aryl methyl sites for hydroxylation is 1. The molecule has 0 N–H and O–H groups in total. The summed E-state index contributed by atoms with van der Waals surface area (Å²) in [5, 5.41) is 0. The van der Waals surface area contributed by atoms with E-state index >= 15 is 0 Å². The fraction of sp³-hybridized carbons (Fsp3) is 0.318. The number of carbonyl (C=O) groups excluding carboxylic acids is 3. The Morgan fingerprint density at radius 2 is 1.56 bits per heavy atom. The minimum atomic E-state index is -0.364. The number of ether oxygens (including phenoxy) is 1. The maximum Gasteiger partial charge on any atom is 0.307 e. The predicted octanol–water partition coefficient (Wildman–Crippen LogP) is 3.55. The van der Waals surface area contributed by atoms with Gasteiger partial charge >= 0.3 is 5.97 Å². The van der Waals surface area contributed by atoms with Gasteiger partial charge in [0, 0.05) is 31.5 Å². The monoisotopic (exact) mass is 367 g/mol. The Bertz CT molecular complexity index is 769. The Kier molecular flexibility index (Phi) is 7.74. The van der Waals surface area contributed by atoms with Crippen LogP contribution in [0.3, 0.4) is 0 Å². The van der Waals surface area contributed by atoms with Crippen LogP contribution in [0.1, 0.15) is 40.7 Å². The highest BCUT2D eigenvalue weighted by atomic mass is 16.5. The number of methoxy groups -OCH3 is 1. The second-order valence-corrected chi connectivity index (χ2v) is 6.42. The average Bonchev–Trinajstić information content (AvgIpc) is 2.70. The first-order valence-corrected chi connectivity index (χ1v) is 8.98. The third-order valence-electron chi connectivity index (χ3n) is 4.32. The van der Waals surface area contributed by atoms with Crippen molar-refractivity contribution in [2.75, 3.05) is 13.7 Å². The molecule has 2 aromatic rings. The number of ketones is 1. The molecule has 2 aromatic carbocycles. The number of Topliss-reactive ketones (excluding diaryl/α,β-unsaturated/α-hetero) is 1. The van der Waals surface area contributed by atoms with Crippen LogP contribution in [0.25, 0.3) is 0 Å². The Morgan fingerprint density at radius 1 is 0.889 bits per heavy atom. The van der Waals surface area contributed by atoms with Crippen molar-refractivity contribution in [3.8, 4) is 0 Å². The van der Waals surface area contributed by atoms with E-state index in [1.165, 1.54) is 7.11 Å². The van der Waals surface area contributed by atoms with Crippen LogP contribution in [-0.4, -0.2) is 36.2 Å². The van der Waals surface area contributed by atoms with E-state index in [4.69, 9.17) is 0 Å². The minimum Gasteiger partial charge on any atom is -0.469 e. The number of esters is 1. The summed E-state index contributed by atoms with van der Waals surface area (Å²) in [6, 6.07) is 16.9. The standard InChI is InChI=1S/C22H25NO4/c1-17-8-10-19(11-9-17)20(24)12-13-21(25)23(15-14-22(26)27-2)16-18-6-4-3-5-7-18/h3-11H,12-16H2,1-2H3. The van der Waals surface area contributed by atoms with Gasteiger partial charge in [0.1, 0.15) is 0 Å². The van der Waals surface area contributed by atoms with Crippen LogP contribution in [0, 0.1) is 6.92 Å². The van der Waals surface area contributed by atoms with Crippen LogP contribution in [0.4, 0.5) is 0 Å². The van der Waals surface area contributed by atoms with Gasteiger partial charge < -0.3 is 9.64 Å². The first-order chi connectivity index (χ1) is 13.0. The molecule has 0 heterocycles. The molecule has 0 bridgehead atoms. The van der Waals surface area contributed by atoms with Gasteiger partial charge in [-0.3, -0.25) is 14.4 Å². The van der Waals surface area contributed by atoms with Crippen LogP contribution in [0.2, 0.25) is 0 Å². The molecule has 0 aliphatic carbocycles. The first-order valence-electron chi connectivity index (χ1n) is 8.98. The Morgan fingerprint density at radius 3 is 2.19 bits per heavy atom. The largest absolute Gasteiger partial charge is 0.469 e. The smallest absolute Gasteiger partial charge is 0.307 e. The highest BCUT2D eigenvalue weighted by molar-refractivity contribution is 5.98. The maximum atomic E-state index is 12.7. The zero-order chi connectivity index (χ0) is 19.6. The second-order valence-electron chi connectivity index (χ2n) is 6.42. The van der Waals surface area contributed by atoms with E-state index in [9.17, 15) is 14.4 Å². The van der Waals surface area contributed by atoms with Crippen molar-refractivity contribution in [3.63, 3.8) is 0 Å². The molecule has 0 radical (unpaired) electrons. The number of benzene rings is 2. The average molecular weight is 367 g/mol. The molecule has 0 unspecified atom stereocenters. The molecule has 0 fully saturated rings. The molecule has 5 nitrogen and oxygen atoms in total. The Labute approximate surface area is 159 Å². The fourth-order valence-electron chi connectivity index (χ4n) is 2.69. The van der Waals surface area contributed by atoms with Crippen LogP contribution in [0.15, 0.2) is 54.6 Å². The molecule has 0 saturated heterocycles. The predicted molar refractivity (Wildman–Crippen MR) is 103 cm³/mol. The van der Waals surface area contributed by atoms with E-state index < -0.39 is 0 Å². The van der Waals surface area contributed by atoms with Gasteiger partial charge in [0.05, 0.1) is 13.5 Å². The number of rotatable bonds is 9. The molecule has 5 heteroatoms. The summed E-state index contributed by atoms with van der Waals surface area (Å²) >= 11 is 0. The Hall–Kier alpha value is -2.95. The minimum absolute atomic E-state index is 0.0593. The van der Waals surface area contributed by atoms with Gasteiger partial charge in [0.15, 0.2) is 5.78 Å². The van der Waals surface area contributed by atoms with E-state index in [1.807, 2.05) is 49.4 Å². The summed E-state index contributed by atoms with van der Waals surface area (Å²) in [5.74, 6) is -0.573. The zero-order valence-electron chi connectivity index (χ0n) is 15.8. The van der Waals surface area contributed by atoms with Crippen LogP contribution < -0.4 is 0 Å². The van der Waals surface area contributed by atoms with E-state index in [2.05, 4.69) is 4.74 Å². The number of hydrogen-bond acceptors (Lipinski definition) is 4. The summed E-state index contributed by atoms with van der Waals surface area (Å²) in [6.45, 7) is 2.62. The second kappa shape index (κ2) is 10.3. The molecule has 0 aliphatic rings. The molecule has 2 rings (SSSR count). The van der Waals surface area contributed by atoms with Crippen molar-refractivity contribution in [2.45, 2.75) is 32.7 Å². The van der Waals surface area contributed by atoms with Crippen molar-refractivity contribution in [1.82, 2.24) is 4.90 Å². The van der Waals surface area contributed by atoms with Crippen LogP contribution in [0.5, 0.6) is 0 Å². The molecule has 1 amide bonds. The van der Waals surface area contributed by atoms with Gasteiger partial charge in [-0.05, 0) is 12.5 Å². The fourth-order valence-corrected chi connectivity index (χ4v) is 2.69. The van der Waals surface area contributed by atoms with Crippen molar-refractivity contribution >= 4 is 17.7 Å². The maximum absolute atomic E-state index is 12.7. The highest BCUT2D eigenvalue weighted by Crippen LogP contribution is 2.12. The molecule has 142 valence electrons. The van der Waals surface area contributed by atoms with Crippen LogP contribution >= 0.6 is 0 Å². The molecule has 0 aromatic heterocycles. The van der Waals surface area contributed by atoms with Crippen LogP contribution in [-0.2, 0) is 20.9 Å². The summed E-state index contributed by atoms with van der Waals surface area (Å²) in [4.78, 5) is 38.0. The first kappa shape index (κ1) is 20.4.